The van der Waals surface area contributed by atoms with Crippen LogP contribution in [0.5, 0.6) is 0 Å². The SMILES string of the molecule is FC(F)c1ccccc1C#CCS. The minimum absolute atomic E-state index is 0.0169. The number of halogens is 2. The maximum atomic E-state index is 12.4. The molecule has 0 nitrogen and oxygen atoms in total. The molecule has 1 aromatic carbocycles. The molecule has 0 aliphatic carbocycles. The molecule has 68 valence electrons. The molecule has 1 rings (SSSR count). The highest BCUT2D eigenvalue weighted by atomic mass is 32.1. The zero-order valence-corrected chi connectivity index (χ0v) is 7.69. The lowest BCUT2D eigenvalue weighted by Gasteiger charge is -2.01. The highest BCUT2D eigenvalue weighted by molar-refractivity contribution is 7.80. The molecular formula is C10H8F2S. The van der Waals surface area contributed by atoms with Crippen molar-refractivity contribution < 1.29 is 8.78 Å². The van der Waals surface area contributed by atoms with E-state index in [0.29, 0.717) is 11.3 Å². The molecule has 0 aromatic heterocycles. The summed E-state index contributed by atoms with van der Waals surface area (Å²) >= 11 is 3.88. The Morgan fingerprint density at radius 2 is 2.00 bits per heavy atom. The van der Waals surface area contributed by atoms with Crippen molar-refractivity contribution in [1.82, 2.24) is 0 Å². The van der Waals surface area contributed by atoms with E-state index in [1.54, 1.807) is 18.2 Å². The van der Waals surface area contributed by atoms with Crippen LogP contribution in [0.15, 0.2) is 24.3 Å². The predicted octanol–water partition coefficient (Wildman–Crippen LogP) is 2.91. The van der Waals surface area contributed by atoms with Crippen LogP contribution in [0.1, 0.15) is 17.6 Å². The van der Waals surface area contributed by atoms with Crippen molar-refractivity contribution in [3.8, 4) is 11.8 Å². The van der Waals surface area contributed by atoms with E-state index >= 15 is 0 Å². The van der Waals surface area contributed by atoms with Crippen molar-refractivity contribution in [2.75, 3.05) is 5.75 Å². The zero-order valence-electron chi connectivity index (χ0n) is 6.80. The van der Waals surface area contributed by atoms with Crippen molar-refractivity contribution in [3.63, 3.8) is 0 Å². The lowest BCUT2D eigenvalue weighted by Crippen LogP contribution is -1.89. The Bertz CT molecular complexity index is 336. The molecule has 0 unspecified atom stereocenters. The van der Waals surface area contributed by atoms with Crippen LogP contribution in [0.25, 0.3) is 0 Å². The van der Waals surface area contributed by atoms with Crippen LogP contribution < -0.4 is 0 Å². The molecule has 0 heterocycles. The molecule has 0 saturated heterocycles. The standard InChI is InChI=1S/C10H8F2S/c11-10(12)9-6-2-1-4-8(9)5-3-7-13/h1-2,4,6,10,13H,7H2. The Balaban J connectivity index is 3.05. The highest BCUT2D eigenvalue weighted by Gasteiger charge is 2.09. The van der Waals surface area contributed by atoms with Crippen molar-refractivity contribution in [3.05, 3.63) is 35.4 Å². The van der Waals surface area contributed by atoms with Crippen LogP contribution in [-0.2, 0) is 0 Å². The van der Waals surface area contributed by atoms with Crippen molar-refractivity contribution in [2.45, 2.75) is 6.43 Å². The second-order valence-electron chi connectivity index (χ2n) is 2.35. The summed E-state index contributed by atoms with van der Waals surface area (Å²) in [6, 6.07) is 6.23. The summed E-state index contributed by atoms with van der Waals surface area (Å²) in [5.41, 5.74) is 0.364. The number of hydrogen-bond donors (Lipinski definition) is 1. The normalized spacial score (nSPS) is 9.54. The molecule has 0 aliphatic heterocycles. The fourth-order valence-corrected chi connectivity index (χ4v) is 1.01. The van der Waals surface area contributed by atoms with Gasteiger partial charge < -0.3 is 0 Å². The van der Waals surface area contributed by atoms with Gasteiger partial charge in [-0.05, 0) is 6.07 Å². The molecule has 0 amide bonds. The molecule has 1 aromatic rings. The fraction of sp³-hybridized carbons (Fsp3) is 0.200. The third kappa shape index (κ3) is 2.74. The lowest BCUT2D eigenvalue weighted by molar-refractivity contribution is 0.151. The monoisotopic (exact) mass is 198 g/mol. The van der Waals surface area contributed by atoms with Crippen LogP contribution in [0.2, 0.25) is 0 Å². The van der Waals surface area contributed by atoms with Crippen LogP contribution in [0.4, 0.5) is 8.78 Å². The smallest absolute Gasteiger partial charge is 0.205 e. The second kappa shape index (κ2) is 4.88. The highest BCUT2D eigenvalue weighted by Crippen LogP contribution is 2.21. The van der Waals surface area contributed by atoms with Gasteiger partial charge >= 0.3 is 0 Å². The summed E-state index contributed by atoms with van der Waals surface area (Å²) in [6.07, 6.45) is -2.47. The molecule has 0 aliphatic rings. The van der Waals surface area contributed by atoms with E-state index < -0.39 is 6.43 Å². The minimum atomic E-state index is -2.47. The topological polar surface area (TPSA) is 0 Å². The van der Waals surface area contributed by atoms with Gasteiger partial charge in [-0.1, -0.05) is 30.0 Å². The molecule has 13 heavy (non-hydrogen) atoms. The number of rotatable bonds is 1. The van der Waals surface area contributed by atoms with Gasteiger partial charge in [0.05, 0.1) is 5.75 Å². The van der Waals surface area contributed by atoms with E-state index in [1.165, 1.54) is 6.07 Å². The molecule has 0 fully saturated rings. The molecule has 0 spiro atoms. The maximum absolute atomic E-state index is 12.4. The summed E-state index contributed by atoms with van der Waals surface area (Å²) < 4.78 is 24.7. The number of alkyl halides is 2. The first kappa shape index (κ1) is 10.1. The van der Waals surface area contributed by atoms with Gasteiger partial charge in [-0.25, -0.2) is 8.78 Å². The average Bonchev–Trinajstić information content (AvgIpc) is 2.15. The first-order valence-corrected chi connectivity index (χ1v) is 4.35. The largest absolute Gasteiger partial charge is 0.265 e. The Kier molecular flexibility index (Phi) is 3.78. The molecule has 0 atom stereocenters. The Morgan fingerprint density at radius 3 is 2.62 bits per heavy atom. The van der Waals surface area contributed by atoms with Crippen molar-refractivity contribution in [1.29, 1.82) is 0 Å². The van der Waals surface area contributed by atoms with Gasteiger partial charge in [0.15, 0.2) is 0 Å². The summed E-state index contributed by atoms with van der Waals surface area (Å²) in [5, 5.41) is 0. The zero-order chi connectivity index (χ0) is 9.68. The third-order valence-electron chi connectivity index (χ3n) is 1.50. The van der Waals surface area contributed by atoms with Gasteiger partial charge in [-0.15, -0.1) is 0 Å². The third-order valence-corrected chi connectivity index (χ3v) is 1.66. The Morgan fingerprint density at radius 1 is 1.31 bits per heavy atom. The van der Waals surface area contributed by atoms with E-state index in [0.717, 1.165) is 0 Å². The van der Waals surface area contributed by atoms with E-state index in [4.69, 9.17) is 0 Å². The number of hydrogen-bond acceptors (Lipinski definition) is 1. The molecular weight excluding hydrogens is 190 g/mol. The molecule has 0 N–H and O–H groups in total. The van der Waals surface area contributed by atoms with Gasteiger partial charge in [-0.3, -0.25) is 0 Å². The fourth-order valence-electron chi connectivity index (χ4n) is 0.936. The molecule has 3 heteroatoms. The number of thiol groups is 1. The lowest BCUT2D eigenvalue weighted by atomic mass is 10.1. The Hall–Kier alpha value is -1.01. The van der Waals surface area contributed by atoms with Gasteiger partial charge in [-0.2, -0.15) is 12.6 Å². The van der Waals surface area contributed by atoms with Crippen LogP contribution in [-0.4, -0.2) is 5.75 Å². The summed E-state index contributed by atoms with van der Waals surface area (Å²) in [4.78, 5) is 0. The first-order chi connectivity index (χ1) is 6.25. The molecule has 0 saturated carbocycles. The summed E-state index contributed by atoms with van der Waals surface area (Å²) in [6.45, 7) is 0. The van der Waals surface area contributed by atoms with E-state index in [9.17, 15) is 8.78 Å². The van der Waals surface area contributed by atoms with E-state index in [2.05, 4.69) is 24.5 Å². The van der Waals surface area contributed by atoms with E-state index in [1.807, 2.05) is 0 Å². The first-order valence-electron chi connectivity index (χ1n) is 3.72. The second-order valence-corrected chi connectivity index (χ2v) is 2.66. The van der Waals surface area contributed by atoms with Crippen LogP contribution >= 0.6 is 12.6 Å². The van der Waals surface area contributed by atoms with Crippen LogP contribution in [0, 0.1) is 11.8 Å². The number of benzene rings is 1. The summed E-state index contributed by atoms with van der Waals surface area (Å²) in [7, 11) is 0. The molecule has 0 bridgehead atoms. The minimum Gasteiger partial charge on any atom is -0.205 e. The van der Waals surface area contributed by atoms with Gasteiger partial charge in [0.1, 0.15) is 0 Å². The van der Waals surface area contributed by atoms with E-state index in [-0.39, 0.29) is 5.56 Å². The van der Waals surface area contributed by atoms with Gasteiger partial charge in [0, 0.05) is 11.1 Å². The maximum Gasteiger partial charge on any atom is 0.265 e. The van der Waals surface area contributed by atoms with Crippen molar-refractivity contribution >= 4 is 12.6 Å². The Labute approximate surface area is 81.4 Å². The quantitative estimate of drug-likeness (QED) is 0.520. The molecule has 0 radical (unpaired) electrons. The average molecular weight is 198 g/mol. The summed E-state index contributed by atoms with van der Waals surface area (Å²) in [5.74, 6) is 5.65. The van der Waals surface area contributed by atoms with Gasteiger partial charge in [0.25, 0.3) is 6.43 Å². The predicted molar refractivity (Wildman–Crippen MR) is 52.1 cm³/mol. The van der Waals surface area contributed by atoms with Crippen molar-refractivity contribution in [2.24, 2.45) is 0 Å². The van der Waals surface area contributed by atoms with Gasteiger partial charge in [0.2, 0.25) is 0 Å². The van der Waals surface area contributed by atoms with Crippen LogP contribution in [0.3, 0.4) is 0 Å².